The molecule has 30 heavy (non-hydrogen) atoms. The summed E-state index contributed by atoms with van der Waals surface area (Å²) in [5.41, 5.74) is 0.181. The van der Waals surface area contributed by atoms with Crippen LogP contribution in [0.15, 0.2) is 35.6 Å². The number of carbonyl (C=O) groups excluding carboxylic acids is 2. The van der Waals surface area contributed by atoms with Crippen LogP contribution in [0.3, 0.4) is 0 Å². The molecule has 1 aliphatic rings. The predicted molar refractivity (Wildman–Crippen MR) is 107 cm³/mol. The molecule has 0 spiro atoms. The number of aromatic nitrogens is 3. The van der Waals surface area contributed by atoms with Gasteiger partial charge in [0.2, 0.25) is 15.9 Å². The number of aryl methyl sites for hydroxylation is 1. The first-order valence-corrected chi connectivity index (χ1v) is 10.9. The Kier molecular flexibility index (Phi) is 6.80. The number of carbonyl (C=O) groups is 2. The summed E-state index contributed by atoms with van der Waals surface area (Å²) in [6.07, 6.45) is 4.19. The van der Waals surface area contributed by atoms with E-state index in [0.29, 0.717) is 13.1 Å². The van der Waals surface area contributed by atoms with Gasteiger partial charge in [-0.2, -0.15) is 9.40 Å². The van der Waals surface area contributed by atoms with Gasteiger partial charge in [0.25, 0.3) is 0 Å². The minimum Gasteiger partial charge on any atom is -0.462 e. The molecular formula is C18H24N6O5S. The van der Waals surface area contributed by atoms with Crippen LogP contribution in [-0.4, -0.2) is 83.6 Å². The van der Waals surface area contributed by atoms with Gasteiger partial charge in [-0.05, 0) is 19.1 Å². The third-order valence-corrected chi connectivity index (χ3v) is 6.54. The van der Waals surface area contributed by atoms with Crippen molar-refractivity contribution in [3.05, 3.63) is 36.3 Å². The fourth-order valence-corrected chi connectivity index (χ4v) is 4.48. The Bertz CT molecular complexity index is 999. The van der Waals surface area contributed by atoms with Gasteiger partial charge in [-0.25, -0.2) is 13.2 Å². The lowest BCUT2D eigenvalue weighted by molar-refractivity contribution is -0.117. The number of hydrogen-bond donors (Lipinski definition) is 1. The lowest BCUT2D eigenvalue weighted by Gasteiger charge is -2.33. The van der Waals surface area contributed by atoms with Crippen LogP contribution in [0.4, 0.5) is 5.82 Å². The average molecular weight is 436 g/mol. The Labute approximate surface area is 174 Å². The molecule has 1 aliphatic heterocycles. The number of anilines is 1. The van der Waals surface area contributed by atoms with Crippen molar-refractivity contribution in [2.24, 2.45) is 7.05 Å². The SMILES string of the molecule is CCOC(=O)c1cnn(C)c1NC(=O)CN1CCN(S(=O)(=O)c2cccnc2)CC1. The molecule has 1 saturated heterocycles. The summed E-state index contributed by atoms with van der Waals surface area (Å²) >= 11 is 0. The fraction of sp³-hybridized carbons (Fsp3) is 0.444. The van der Waals surface area contributed by atoms with Crippen molar-refractivity contribution < 1.29 is 22.7 Å². The highest BCUT2D eigenvalue weighted by atomic mass is 32.2. The number of ether oxygens (including phenoxy) is 1. The van der Waals surface area contributed by atoms with Crippen LogP contribution in [-0.2, 0) is 26.6 Å². The minimum absolute atomic E-state index is 0.0637. The largest absolute Gasteiger partial charge is 0.462 e. The highest BCUT2D eigenvalue weighted by molar-refractivity contribution is 7.89. The molecule has 0 aliphatic carbocycles. The minimum atomic E-state index is -3.60. The molecule has 1 N–H and O–H groups in total. The molecule has 0 atom stereocenters. The molecule has 0 bridgehead atoms. The maximum Gasteiger partial charge on any atom is 0.343 e. The van der Waals surface area contributed by atoms with Crippen LogP contribution in [0.5, 0.6) is 0 Å². The zero-order valence-corrected chi connectivity index (χ0v) is 17.6. The number of piperazine rings is 1. The first-order chi connectivity index (χ1) is 14.3. The van der Waals surface area contributed by atoms with E-state index in [1.54, 1.807) is 20.0 Å². The van der Waals surface area contributed by atoms with Crippen LogP contribution in [0, 0.1) is 0 Å². The van der Waals surface area contributed by atoms with Crippen LogP contribution < -0.4 is 5.32 Å². The fourth-order valence-electron chi connectivity index (χ4n) is 3.10. The molecule has 0 aromatic carbocycles. The highest BCUT2D eigenvalue weighted by Crippen LogP contribution is 2.18. The van der Waals surface area contributed by atoms with Crippen molar-refractivity contribution in [3.8, 4) is 0 Å². The molecule has 2 aromatic rings. The third kappa shape index (κ3) is 4.83. The van der Waals surface area contributed by atoms with Crippen molar-refractivity contribution >= 4 is 27.7 Å². The molecule has 162 valence electrons. The lowest BCUT2D eigenvalue weighted by Crippen LogP contribution is -2.50. The number of pyridine rings is 1. The molecule has 3 rings (SSSR count). The first-order valence-electron chi connectivity index (χ1n) is 9.44. The van der Waals surface area contributed by atoms with Crippen LogP contribution in [0.2, 0.25) is 0 Å². The second-order valence-corrected chi connectivity index (χ2v) is 8.61. The molecule has 1 amide bonds. The standard InChI is InChI=1S/C18H24N6O5S/c1-3-29-18(26)15-12-20-22(2)17(15)21-16(25)13-23-7-9-24(10-8-23)30(27,28)14-5-4-6-19-11-14/h4-6,11-12H,3,7-10,13H2,1-2H3,(H,21,25). The summed E-state index contributed by atoms with van der Waals surface area (Å²) in [6.45, 7) is 3.32. The Balaban J connectivity index is 1.57. The summed E-state index contributed by atoms with van der Waals surface area (Å²) < 4.78 is 33.1. The van der Waals surface area contributed by atoms with Gasteiger partial charge >= 0.3 is 5.97 Å². The van der Waals surface area contributed by atoms with Gasteiger partial charge in [0.05, 0.1) is 19.3 Å². The van der Waals surface area contributed by atoms with E-state index < -0.39 is 16.0 Å². The van der Waals surface area contributed by atoms with E-state index >= 15 is 0 Å². The summed E-state index contributed by atoms with van der Waals surface area (Å²) in [6, 6.07) is 3.09. The number of nitrogens with zero attached hydrogens (tertiary/aromatic N) is 5. The van der Waals surface area contributed by atoms with E-state index in [1.807, 2.05) is 4.90 Å². The molecule has 2 aromatic heterocycles. The van der Waals surface area contributed by atoms with Crippen molar-refractivity contribution in [1.82, 2.24) is 24.0 Å². The molecule has 0 radical (unpaired) electrons. The second-order valence-electron chi connectivity index (χ2n) is 6.67. The third-order valence-electron chi connectivity index (χ3n) is 4.66. The second kappa shape index (κ2) is 9.32. The van der Waals surface area contributed by atoms with E-state index in [-0.39, 0.29) is 48.4 Å². The van der Waals surface area contributed by atoms with Crippen molar-refractivity contribution in [1.29, 1.82) is 0 Å². The molecule has 11 nitrogen and oxygen atoms in total. The number of nitrogens with one attached hydrogen (secondary N) is 1. The summed E-state index contributed by atoms with van der Waals surface area (Å²) in [5, 5.41) is 6.69. The van der Waals surface area contributed by atoms with Crippen molar-refractivity contribution in [2.75, 3.05) is 44.6 Å². The Morgan fingerprint density at radius 3 is 2.57 bits per heavy atom. The van der Waals surface area contributed by atoms with E-state index in [4.69, 9.17) is 4.74 Å². The Morgan fingerprint density at radius 1 is 1.20 bits per heavy atom. The normalized spacial score (nSPS) is 15.7. The van der Waals surface area contributed by atoms with E-state index in [2.05, 4.69) is 15.4 Å². The summed E-state index contributed by atoms with van der Waals surface area (Å²) in [7, 11) is -1.99. The maximum atomic E-state index is 12.7. The molecular weight excluding hydrogens is 412 g/mol. The van der Waals surface area contributed by atoms with Crippen molar-refractivity contribution in [3.63, 3.8) is 0 Å². The average Bonchev–Trinajstić information content (AvgIpc) is 3.09. The van der Waals surface area contributed by atoms with Gasteiger partial charge in [-0.3, -0.25) is 19.4 Å². The van der Waals surface area contributed by atoms with Gasteiger partial charge in [0, 0.05) is 45.6 Å². The molecule has 0 saturated carbocycles. The van der Waals surface area contributed by atoms with Gasteiger partial charge in [-0.15, -0.1) is 0 Å². The molecule has 1 fully saturated rings. The summed E-state index contributed by atoms with van der Waals surface area (Å²) in [4.78, 5) is 30.3. The quantitative estimate of drug-likeness (QED) is 0.598. The predicted octanol–water partition coefficient (Wildman–Crippen LogP) is -0.0632. The van der Waals surface area contributed by atoms with Gasteiger partial charge in [0.1, 0.15) is 16.3 Å². The topological polar surface area (TPSA) is 127 Å². The Hall–Kier alpha value is -2.83. The van der Waals surface area contributed by atoms with Crippen molar-refractivity contribution in [2.45, 2.75) is 11.8 Å². The van der Waals surface area contributed by atoms with Crippen LogP contribution in [0.1, 0.15) is 17.3 Å². The molecule has 0 unspecified atom stereocenters. The Morgan fingerprint density at radius 2 is 1.93 bits per heavy atom. The van der Waals surface area contributed by atoms with E-state index in [0.717, 1.165) is 0 Å². The maximum absolute atomic E-state index is 12.7. The number of rotatable bonds is 7. The lowest BCUT2D eigenvalue weighted by atomic mass is 10.3. The number of esters is 1. The summed E-state index contributed by atoms with van der Waals surface area (Å²) in [5.74, 6) is -0.626. The van der Waals surface area contributed by atoms with E-state index in [1.165, 1.54) is 33.6 Å². The zero-order valence-electron chi connectivity index (χ0n) is 16.8. The molecule has 3 heterocycles. The highest BCUT2D eigenvalue weighted by Gasteiger charge is 2.29. The molecule has 12 heteroatoms. The van der Waals surface area contributed by atoms with E-state index in [9.17, 15) is 18.0 Å². The van der Waals surface area contributed by atoms with Crippen LogP contribution >= 0.6 is 0 Å². The van der Waals surface area contributed by atoms with Gasteiger partial charge < -0.3 is 10.1 Å². The van der Waals surface area contributed by atoms with Gasteiger partial charge in [-0.1, -0.05) is 0 Å². The first kappa shape index (κ1) is 21.9. The number of sulfonamides is 1. The number of hydrogen-bond acceptors (Lipinski definition) is 8. The zero-order chi connectivity index (χ0) is 21.7. The van der Waals surface area contributed by atoms with Gasteiger partial charge in [0.15, 0.2) is 0 Å². The van der Waals surface area contributed by atoms with Crippen LogP contribution in [0.25, 0.3) is 0 Å². The smallest absolute Gasteiger partial charge is 0.343 e. The monoisotopic (exact) mass is 436 g/mol. The number of amides is 1.